The van der Waals surface area contributed by atoms with Crippen LogP contribution < -0.4 is 0 Å². The third kappa shape index (κ3) is 2.47. The highest BCUT2D eigenvalue weighted by molar-refractivity contribution is 4.92. The Bertz CT molecular complexity index is 177. The maximum Gasteiger partial charge on any atom is 0.0895 e. The van der Waals surface area contributed by atoms with Crippen molar-refractivity contribution >= 4 is 0 Å². The quantitative estimate of drug-likeness (QED) is 0.725. The fourth-order valence-corrected chi connectivity index (χ4v) is 2.45. The van der Waals surface area contributed by atoms with E-state index < -0.39 is 11.2 Å². The lowest BCUT2D eigenvalue weighted by atomic mass is 9.78. The highest BCUT2D eigenvalue weighted by atomic mass is 16.5. The zero-order valence-corrected chi connectivity index (χ0v) is 9.42. The summed E-state index contributed by atoms with van der Waals surface area (Å²) in [5, 5.41) is 18.6. The summed E-state index contributed by atoms with van der Waals surface area (Å²) in [6, 6.07) is 0. The van der Waals surface area contributed by atoms with E-state index >= 15 is 0 Å². The molecular formula is C11H22O3. The van der Waals surface area contributed by atoms with Crippen molar-refractivity contribution in [2.75, 3.05) is 13.2 Å². The van der Waals surface area contributed by atoms with Crippen molar-refractivity contribution in [2.45, 2.75) is 51.2 Å². The summed E-state index contributed by atoms with van der Waals surface area (Å²) in [5.74, 6) is 0.540. The second kappa shape index (κ2) is 4.17. The molecule has 1 aliphatic heterocycles. The SMILES string of the molecule is CCC1C[C@](C)(CO)O[C@](C)(CO)C1. The molecule has 0 aromatic rings. The number of ether oxygens (including phenoxy) is 1. The van der Waals surface area contributed by atoms with Crippen LogP contribution in [0, 0.1) is 5.92 Å². The Hall–Kier alpha value is -0.120. The topological polar surface area (TPSA) is 49.7 Å². The molecule has 0 radical (unpaired) electrons. The predicted molar refractivity (Wildman–Crippen MR) is 55.1 cm³/mol. The molecule has 1 rings (SSSR count). The fraction of sp³-hybridized carbons (Fsp3) is 1.00. The molecule has 0 saturated carbocycles. The molecule has 84 valence electrons. The molecule has 0 aliphatic carbocycles. The normalized spacial score (nSPS) is 43.9. The zero-order valence-electron chi connectivity index (χ0n) is 9.42. The molecular weight excluding hydrogens is 180 g/mol. The van der Waals surface area contributed by atoms with Crippen molar-refractivity contribution < 1.29 is 14.9 Å². The molecule has 3 heteroatoms. The van der Waals surface area contributed by atoms with Gasteiger partial charge in [0.15, 0.2) is 0 Å². The molecule has 0 spiro atoms. The summed E-state index contributed by atoms with van der Waals surface area (Å²) in [6.07, 6.45) is 2.85. The zero-order chi connectivity index (χ0) is 10.8. The van der Waals surface area contributed by atoms with E-state index in [2.05, 4.69) is 6.92 Å². The molecule has 2 N–H and O–H groups in total. The van der Waals surface area contributed by atoms with E-state index in [1.807, 2.05) is 13.8 Å². The molecule has 1 saturated heterocycles. The predicted octanol–water partition coefficient (Wildman–Crippen LogP) is 1.32. The Labute approximate surface area is 86.1 Å². The Balaban J connectivity index is 2.76. The van der Waals surface area contributed by atoms with Crippen molar-refractivity contribution in [3.63, 3.8) is 0 Å². The minimum atomic E-state index is -0.476. The van der Waals surface area contributed by atoms with E-state index in [9.17, 15) is 10.2 Å². The third-order valence-electron chi connectivity index (χ3n) is 3.18. The van der Waals surface area contributed by atoms with Gasteiger partial charge in [0.1, 0.15) is 0 Å². The van der Waals surface area contributed by atoms with Gasteiger partial charge < -0.3 is 14.9 Å². The highest BCUT2D eigenvalue weighted by Crippen LogP contribution is 2.39. The standard InChI is InChI=1S/C11H22O3/c1-4-9-5-10(2,7-12)14-11(3,6-9)8-13/h9,12-13H,4-8H2,1-3H3/t9?,10-,11+. The summed E-state index contributed by atoms with van der Waals surface area (Å²) < 4.78 is 5.79. The summed E-state index contributed by atoms with van der Waals surface area (Å²) in [7, 11) is 0. The van der Waals surface area contributed by atoms with E-state index in [1.54, 1.807) is 0 Å². The number of hydrogen-bond acceptors (Lipinski definition) is 3. The van der Waals surface area contributed by atoms with Gasteiger partial charge in [-0.25, -0.2) is 0 Å². The lowest BCUT2D eigenvalue weighted by Crippen LogP contribution is -2.52. The van der Waals surface area contributed by atoms with Crippen LogP contribution in [0.3, 0.4) is 0 Å². The van der Waals surface area contributed by atoms with Crippen LogP contribution in [-0.4, -0.2) is 34.6 Å². The van der Waals surface area contributed by atoms with Gasteiger partial charge in [-0.2, -0.15) is 0 Å². The first-order valence-corrected chi connectivity index (χ1v) is 5.39. The maximum atomic E-state index is 9.28. The van der Waals surface area contributed by atoms with Crippen LogP contribution in [0.5, 0.6) is 0 Å². The van der Waals surface area contributed by atoms with Crippen LogP contribution in [0.15, 0.2) is 0 Å². The van der Waals surface area contributed by atoms with Gasteiger partial charge in [-0.15, -0.1) is 0 Å². The molecule has 3 nitrogen and oxygen atoms in total. The number of aliphatic hydroxyl groups is 2. The minimum absolute atomic E-state index is 0.0269. The number of rotatable bonds is 3. The molecule has 1 aliphatic rings. The lowest BCUT2D eigenvalue weighted by molar-refractivity contribution is -0.216. The van der Waals surface area contributed by atoms with Gasteiger partial charge in [-0.3, -0.25) is 0 Å². The summed E-state index contributed by atoms with van der Waals surface area (Å²) >= 11 is 0. The molecule has 0 bridgehead atoms. The lowest BCUT2D eigenvalue weighted by Gasteiger charge is -2.47. The highest BCUT2D eigenvalue weighted by Gasteiger charge is 2.43. The number of aliphatic hydroxyl groups excluding tert-OH is 2. The molecule has 1 unspecified atom stereocenters. The monoisotopic (exact) mass is 202 g/mol. The second-order valence-electron chi connectivity index (χ2n) is 5.00. The smallest absolute Gasteiger partial charge is 0.0895 e. The summed E-state index contributed by atoms with van der Waals surface area (Å²) in [5.41, 5.74) is -0.952. The van der Waals surface area contributed by atoms with Crippen LogP contribution in [0.25, 0.3) is 0 Å². The first-order chi connectivity index (χ1) is 6.47. The van der Waals surface area contributed by atoms with Crippen molar-refractivity contribution in [2.24, 2.45) is 5.92 Å². The van der Waals surface area contributed by atoms with Crippen LogP contribution in [0.2, 0.25) is 0 Å². The molecule has 3 atom stereocenters. The third-order valence-corrected chi connectivity index (χ3v) is 3.18. The number of hydrogen-bond donors (Lipinski definition) is 2. The van der Waals surface area contributed by atoms with Gasteiger partial charge in [0, 0.05) is 0 Å². The Morgan fingerprint density at radius 3 is 1.86 bits per heavy atom. The average molecular weight is 202 g/mol. The van der Waals surface area contributed by atoms with Crippen LogP contribution >= 0.6 is 0 Å². The van der Waals surface area contributed by atoms with Gasteiger partial charge in [0.05, 0.1) is 24.4 Å². The maximum absolute atomic E-state index is 9.28. The largest absolute Gasteiger partial charge is 0.393 e. The van der Waals surface area contributed by atoms with E-state index in [4.69, 9.17) is 4.74 Å². The molecule has 0 aromatic heterocycles. The molecule has 1 fully saturated rings. The van der Waals surface area contributed by atoms with E-state index in [0.29, 0.717) is 5.92 Å². The van der Waals surface area contributed by atoms with Crippen LogP contribution in [-0.2, 0) is 4.74 Å². The van der Waals surface area contributed by atoms with Gasteiger partial charge in [0.25, 0.3) is 0 Å². The Kier molecular flexibility index (Phi) is 3.56. The molecule has 0 aromatic carbocycles. The van der Waals surface area contributed by atoms with Gasteiger partial charge in [0.2, 0.25) is 0 Å². The van der Waals surface area contributed by atoms with Crippen molar-refractivity contribution in [3.8, 4) is 0 Å². The summed E-state index contributed by atoms with van der Waals surface area (Å²) in [6.45, 7) is 6.04. The second-order valence-corrected chi connectivity index (χ2v) is 5.00. The minimum Gasteiger partial charge on any atom is -0.393 e. The first-order valence-electron chi connectivity index (χ1n) is 5.39. The summed E-state index contributed by atoms with van der Waals surface area (Å²) in [4.78, 5) is 0. The van der Waals surface area contributed by atoms with Crippen LogP contribution in [0.4, 0.5) is 0 Å². The van der Waals surface area contributed by atoms with Crippen molar-refractivity contribution in [1.29, 1.82) is 0 Å². The van der Waals surface area contributed by atoms with E-state index in [0.717, 1.165) is 19.3 Å². The fourth-order valence-electron chi connectivity index (χ4n) is 2.45. The van der Waals surface area contributed by atoms with E-state index in [1.165, 1.54) is 0 Å². The molecule has 1 heterocycles. The average Bonchev–Trinajstić information content (AvgIpc) is 2.17. The Morgan fingerprint density at radius 1 is 1.14 bits per heavy atom. The van der Waals surface area contributed by atoms with Gasteiger partial charge in [-0.1, -0.05) is 13.3 Å². The van der Waals surface area contributed by atoms with Crippen LogP contribution in [0.1, 0.15) is 40.0 Å². The Morgan fingerprint density at radius 2 is 1.57 bits per heavy atom. The molecule has 0 amide bonds. The first kappa shape index (κ1) is 12.0. The van der Waals surface area contributed by atoms with Crippen molar-refractivity contribution in [3.05, 3.63) is 0 Å². The van der Waals surface area contributed by atoms with Gasteiger partial charge in [-0.05, 0) is 32.6 Å². The molecule has 14 heavy (non-hydrogen) atoms. The van der Waals surface area contributed by atoms with E-state index in [-0.39, 0.29) is 13.2 Å². The van der Waals surface area contributed by atoms with Gasteiger partial charge >= 0.3 is 0 Å². The van der Waals surface area contributed by atoms with Crippen molar-refractivity contribution in [1.82, 2.24) is 0 Å².